The first-order chi connectivity index (χ1) is 10.3. The fourth-order valence-electron chi connectivity index (χ4n) is 1.56. The average molecular weight is 324 g/mol. The van der Waals surface area contributed by atoms with E-state index in [4.69, 9.17) is 9.15 Å². The third-order valence-corrected chi connectivity index (χ3v) is 4.55. The van der Waals surface area contributed by atoms with Crippen LogP contribution in [0.5, 0.6) is 0 Å². The van der Waals surface area contributed by atoms with Gasteiger partial charge in [0.1, 0.15) is 12.4 Å². The second-order valence-electron chi connectivity index (χ2n) is 4.77. The fraction of sp³-hybridized carbons (Fsp3) is 0.286. The summed E-state index contributed by atoms with van der Waals surface area (Å²) < 4.78 is 35.0. The molecule has 0 unspecified atom stereocenters. The molecule has 8 heteroatoms. The van der Waals surface area contributed by atoms with E-state index >= 15 is 0 Å². The Hall–Kier alpha value is -2.19. The summed E-state index contributed by atoms with van der Waals surface area (Å²) in [4.78, 5) is 15.8. The Morgan fingerprint density at radius 2 is 2.00 bits per heavy atom. The number of carbonyl (C=O) groups excluding carboxylic acids is 1. The number of rotatable bonds is 5. The van der Waals surface area contributed by atoms with Crippen LogP contribution in [-0.4, -0.2) is 37.8 Å². The second-order valence-corrected chi connectivity index (χ2v) is 6.86. The van der Waals surface area contributed by atoms with Crippen molar-refractivity contribution in [1.29, 1.82) is 0 Å². The molecule has 0 bridgehead atoms. The van der Waals surface area contributed by atoms with Crippen LogP contribution in [0.15, 0.2) is 40.0 Å². The SMILES string of the molecule is Cc1ccc(C(=O)OCc2ccc(S(=O)(=O)N(C)C)o2)cn1. The zero-order valence-electron chi connectivity index (χ0n) is 12.4. The van der Waals surface area contributed by atoms with Crippen molar-refractivity contribution in [3.8, 4) is 0 Å². The third-order valence-electron chi connectivity index (χ3n) is 2.86. The molecule has 0 saturated heterocycles. The van der Waals surface area contributed by atoms with E-state index in [0.29, 0.717) is 5.56 Å². The van der Waals surface area contributed by atoms with Crippen LogP contribution < -0.4 is 0 Å². The number of aryl methyl sites for hydroxylation is 1. The fourth-order valence-corrected chi connectivity index (χ4v) is 2.38. The molecular weight excluding hydrogens is 308 g/mol. The summed E-state index contributed by atoms with van der Waals surface area (Å²) >= 11 is 0. The lowest BCUT2D eigenvalue weighted by Gasteiger charge is -2.07. The van der Waals surface area contributed by atoms with E-state index in [-0.39, 0.29) is 17.5 Å². The van der Waals surface area contributed by atoms with E-state index in [0.717, 1.165) is 10.00 Å². The maximum absolute atomic E-state index is 11.9. The molecule has 2 heterocycles. The van der Waals surface area contributed by atoms with Crippen LogP contribution in [0.4, 0.5) is 0 Å². The van der Waals surface area contributed by atoms with Crippen LogP contribution >= 0.6 is 0 Å². The van der Waals surface area contributed by atoms with E-state index in [1.165, 1.54) is 32.4 Å². The number of sulfonamides is 1. The molecule has 2 aromatic heterocycles. The molecule has 0 N–H and O–H groups in total. The van der Waals surface area contributed by atoms with Crippen LogP contribution in [0, 0.1) is 6.92 Å². The van der Waals surface area contributed by atoms with Crippen molar-refractivity contribution < 1.29 is 22.4 Å². The van der Waals surface area contributed by atoms with Gasteiger partial charge in [-0.3, -0.25) is 4.98 Å². The molecule has 0 radical (unpaired) electrons. The Balaban J connectivity index is 2.02. The van der Waals surface area contributed by atoms with Gasteiger partial charge in [0.05, 0.1) is 5.56 Å². The van der Waals surface area contributed by atoms with Crippen LogP contribution in [0.3, 0.4) is 0 Å². The van der Waals surface area contributed by atoms with Gasteiger partial charge < -0.3 is 9.15 Å². The molecule has 0 saturated carbocycles. The lowest BCUT2D eigenvalue weighted by molar-refractivity contribution is 0.0440. The number of aromatic nitrogens is 1. The van der Waals surface area contributed by atoms with E-state index in [9.17, 15) is 13.2 Å². The Morgan fingerprint density at radius 3 is 2.59 bits per heavy atom. The average Bonchev–Trinajstić information content (AvgIpc) is 2.95. The summed E-state index contributed by atoms with van der Waals surface area (Å²) in [5, 5.41) is -0.194. The summed E-state index contributed by atoms with van der Waals surface area (Å²) in [6.45, 7) is 1.65. The number of pyridine rings is 1. The highest BCUT2D eigenvalue weighted by Gasteiger charge is 2.21. The van der Waals surface area contributed by atoms with Crippen LogP contribution in [0.1, 0.15) is 21.8 Å². The van der Waals surface area contributed by atoms with Crippen LogP contribution in [0.25, 0.3) is 0 Å². The van der Waals surface area contributed by atoms with Gasteiger partial charge in [-0.2, -0.15) is 0 Å². The summed E-state index contributed by atoms with van der Waals surface area (Å²) in [7, 11) is -0.826. The Bertz CT molecular complexity index is 763. The summed E-state index contributed by atoms with van der Waals surface area (Å²) in [5.41, 5.74) is 1.11. The van der Waals surface area contributed by atoms with Gasteiger partial charge in [0.2, 0.25) is 5.09 Å². The van der Waals surface area contributed by atoms with Crippen molar-refractivity contribution in [2.24, 2.45) is 0 Å². The molecule has 0 aliphatic carbocycles. The van der Waals surface area contributed by atoms with Crippen molar-refractivity contribution in [3.63, 3.8) is 0 Å². The maximum atomic E-state index is 11.9. The lowest BCUT2D eigenvalue weighted by atomic mass is 10.2. The van der Waals surface area contributed by atoms with Gasteiger partial charge in [0.25, 0.3) is 10.0 Å². The minimum absolute atomic E-state index is 0.157. The molecule has 0 aromatic carbocycles. The molecule has 0 spiro atoms. The number of hydrogen-bond donors (Lipinski definition) is 0. The van der Waals surface area contributed by atoms with E-state index < -0.39 is 16.0 Å². The van der Waals surface area contributed by atoms with Crippen molar-refractivity contribution in [3.05, 3.63) is 47.5 Å². The minimum Gasteiger partial charge on any atom is -0.454 e. The molecular formula is C14H16N2O5S. The maximum Gasteiger partial charge on any atom is 0.340 e. The number of ether oxygens (including phenoxy) is 1. The monoisotopic (exact) mass is 324 g/mol. The van der Waals surface area contributed by atoms with Gasteiger partial charge >= 0.3 is 5.97 Å². The van der Waals surface area contributed by atoms with E-state index in [1.807, 2.05) is 6.92 Å². The molecule has 0 atom stereocenters. The zero-order chi connectivity index (χ0) is 16.3. The standard InChI is InChI=1S/C14H16N2O5S/c1-10-4-5-11(8-15-10)14(17)20-9-12-6-7-13(21-12)22(18,19)16(2)3/h4-8H,9H2,1-3H3. The van der Waals surface area contributed by atoms with Gasteiger partial charge in [-0.15, -0.1) is 0 Å². The Kier molecular flexibility index (Phi) is 4.62. The number of esters is 1. The molecule has 0 amide bonds. The van der Waals surface area contributed by atoms with Crippen LogP contribution in [-0.2, 0) is 21.4 Å². The van der Waals surface area contributed by atoms with Crippen molar-refractivity contribution in [2.45, 2.75) is 18.6 Å². The van der Waals surface area contributed by atoms with Gasteiger partial charge in [-0.25, -0.2) is 17.5 Å². The number of nitrogens with zero attached hydrogens (tertiary/aromatic N) is 2. The first-order valence-electron chi connectivity index (χ1n) is 6.42. The number of carbonyl (C=O) groups is 1. The summed E-state index contributed by atoms with van der Waals surface area (Å²) in [6, 6.07) is 6.09. The topological polar surface area (TPSA) is 89.7 Å². The van der Waals surface area contributed by atoms with Crippen molar-refractivity contribution in [1.82, 2.24) is 9.29 Å². The molecule has 2 rings (SSSR count). The smallest absolute Gasteiger partial charge is 0.340 e. The van der Waals surface area contributed by atoms with E-state index in [2.05, 4.69) is 4.98 Å². The van der Waals surface area contributed by atoms with Crippen LogP contribution in [0.2, 0.25) is 0 Å². The number of hydrogen-bond acceptors (Lipinski definition) is 6. The molecule has 7 nitrogen and oxygen atoms in total. The quantitative estimate of drug-likeness (QED) is 0.776. The predicted octanol–water partition coefficient (Wildman–Crippen LogP) is 1.59. The normalized spacial score (nSPS) is 11.6. The van der Waals surface area contributed by atoms with Crippen molar-refractivity contribution in [2.75, 3.05) is 14.1 Å². The molecule has 22 heavy (non-hydrogen) atoms. The summed E-state index contributed by atoms with van der Waals surface area (Å²) in [5.74, 6) is -0.310. The Labute approximate surface area is 128 Å². The minimum atomic E-state index is -3.64. The molecule has 118 valence electrons. The second kappa shape index (κ2) is 6.29. The highest BCUT2D eigenvalue weighted by molar-refractivity contribution is 7.88. The first-order valence-corrected chi connectivity index (χ1v) is 7.86. The molecule has 2 aromatic rings. The molecule has 0 aliphatic heterocycles. The highest BCUT2D eigenvalue weighted by Crippen LogP contribution is 2.17. The summed E-state index contributed by atoms with van der Waals surface area (Å²) in [6.07, 6.45) is 1.42. The zero-order valence-corrected chi connectivity index (χ0v) is 13.3. The highest BCUT2D eigenvalue weighted by atomic mass is 32.2. The molecule has 0 aliphatic rings. The van der Waals surface area contributed by atoms with Crippen molar-refractivity contribution >= 4 is 16.0 Å². The largest absolute Gasteiger partial charge is 0.454 e. The van der Waals surface area contributed by atoms with Gasteiger partial charge in [0, 0.05) is 26.0 Å². The Morgan fingerprint density at radius 1 is 1.27 bits per heavy atom. The first kappa shape index (κ1) is 16.2. The van der Waals surface area contributed by atoms with Gasteiger partial charge in [-0.05, 0) is 31.2 Å². The van der Waals surface area contributed by atoms with Gasteiger partial charge in [0.15, 0.2) is 0 Å². The number of furan rings is 1. The third kappa shape index (κ3) is 3.52. The molecule has 0 fully saturated rings. The van der Waals surface area contributed by atoms with Gasteiger partial charge in [-0.1, -0.05) is 0 Å². The predicted molar refractivity (Wildman–Crippen MR) is 77.7 cm³/mol. The lowest BCUT2D eigenvalue weighted by Crippen LogP contribution is -2.21. The van der Waals surface area contributed by atoms with E-state index in [1.54, 1.807) is 12.1 Å².